The summed E-state index contributed by atoms with van der Waals surface area (Å²) >= 11 is 1.70. The minimum Gasteiger partial charge on any atom is -0.385 e. The molecule has 3 nitrogen and oxygen atoms in total. The van der Waals surface area contributed by atoms with Crippen molar-refractivity contribution in [3.63, 3.8) is 0 Å². The van der Waals surface area contributed by atoms with E-state index in [9.17, 15) is 0 Å². The molecule has 0 spiro atoms. The first kappa shape index (κ1) is 15.3. The van der Waals surface area contributed by atoms with Crippen LogP contribution in [0.3, 0.4) is 0 Å². The van der Waals surface area contributed by atoms with Crippen molar-refractivity contribution in [2.75, 3.05) is 11.9 Å². The normalized spacial score (nSPS) is 10.9. The van der Waals surface area contributed by atoms with Crippen LogP contribution in [0.2, 0.25) is 0 Å². The molecule has 3 rings (SSSR count). The van der Waals surface area contributed by atoms with Gasteiger partial charge in [-0.25, -0.2) is 4.98 Å². The van der Waals surface area contributed by atoms with E-state index in [4.69, 9.17) is 5.26 Å². The number of hydrogen-bond donors (Lipinski definition) is 1. The molecule has 4 heteroatoms. The van der Waals surface area contributed by atoms with Crippen LogP contribution in [0.5, 0.6) is 0 Å². The number of thiazole rings is 1. The summed E-state index contributed by atoms with van der Waals surface area (Å²) < 4.78 is 1.21. The molecule has 0 radical (unpaired) electrons. The molecular weight excluding hydrogens is 302 g/mol. The minimum absolute atomic E-state index is 0.588. The number of hydrogen-bond acceptors (Lipinski definition) is 4. The molecule has 3 aromatic rings. The topological polar surface area (TPSA) is 48.7 Å². The number of para-hydroxylation sites is 1. The highest BCUT2D eigenvalue weighted by Gasteiger charge is 1.99. The van der Waals surface area contributed by atoms with Gasteiger partial charge in [0.2, 0.25) is 0 Å². The van der Waals surface area contributed by atoms with Gasteiger partial charge in [0.25, 0.3) is 0 Å². The second-order valence-electron chi connectivity index (χ2n) is 5.17. The van der Waals surface area contributed by atoms with Crippen LogP contribution < -0.4 is 5.32 Å². The first-order valence-electron chi connectivity index (χ1n) is 7.60. The standard InChI is InChI=1S/C19H17N3S/c20-12-3-4-13-21-16-7-5-6-15(14-16)10-11-19-22-17-8-1-2-9-18(17)23-19/h1-2,5-11,14,21H,3-4,13H2. The van der Waals surface area contributed by atoms with Gasteiger partial charge in [0.15, 0.2) is 0 Å². The van der Waals surface area contributed by atoms with Crippen molar-refractivity contribution in [3.8, 4) is 6.07 Å². The molecule has 0 bridgehead atoms. The quantitative estimate of drug-likeness (QED) is 0.637. The lowest BCUT2D eigenvalue weighted by Crippen LogP contribution is -2.00. The van der Waals surface area contributed by atoms with Crippen LogP contribution in [0.15, 0.2) is 48.5 Å². The molecule has 114 valence electrons. The van der Waals surface area contributed by atoms with Gasteiger partial charge in [-0.1, -0.05) is 30.3 Å². The van der Waals surface area contributed by atoms with Gasteiger partial charge in [0, 0.05) is 18.7 Å². The average molecular weight is 319 g/mol. The smallest absolute Gasteiger partial charge is 0.117 e. The Kier molecular flexibility index (Phi) is 5.02. The fourth-order valence-corrected chi connectivity index (χ4v) is 3.15. The van der Waals surface area contributed by atoms with Gasteiger partial charge in [-0.3, -0.25) is 0 Å². The van der Waals surface area contributed by atoms with E-state index in [1.54, 1.807) is 11.3 Å². The lowest BCUT2D eigenvalue weighted by molar-refractivity contribution is 0.897. The Morgan fingerprint density at radius 1 is 1.13 bits per heavy atom. The Hall–Kier alpha value is -2.64. The van der Waals surface area contributed by atoms with E-state index < -0.39 is 0 Å². The van der Waals surface area contributed by atoms with Gasteiger partial charge < -0.3 is 5.32 Å². The minimum atomic E-state index is 0.588. The molecule has 0 aliphatic carbocycles. The number of nitrogens with zero attached hydrogens (tertiary/aromatic N) is 2. The lowest BCUT2D eigenvalue weighted by atomic mass is 10.2. The van der Waals surface area contributed by atoms with Crippen molar-refractivity contribution in [2.45, 2.75) is 12.8 Å². The summed E-state index contributed by atoms with van der Waals surface area (Å²) in [6.07, 6.45) is 5.59. The van der Waals surface area contributed by atoms with Gasteiger partial charge >= 0.3 is 0 Å². The summed E-state index contributed by atoms with van der Waals surface area (Å²) in [5.41, 5.74) is 3.26. The van der Waals surface area contributed by atoms with E-state index in [1.807, 2.05) is 30.3 Å². The van der Waals surface area contributed by atoms with Crippen LogP contribution in [0.1, 0.15) is 23.4 Å². The number of anilines is 1. The maximum atomic E-state index is 8.55. The summed E-state index contributed by atoms with van der Waals surface area (Å²) in [7, 11) is 0. The molecule has 0 amide bonds. The lowest BCUT2D eigenvalue weighted by Gasteiger charge is -2.05. The monoisotopic (exact) mass is 319 g/mol. The van der Waals surface area contributed by atoms with Gasteiger partial charge in [-0.05, 0) is 42.3 Å². The molecule has 1 heterocycles. The molecule has 0 fully saturated rings. The van der Waals surface area contributed by atoms with Crippen LogP contribution in [0.25, 0.3) is 22.4 Å². The fourth-order valence-electron chi connectivity index (χ4n) is 2.28. The van der Waals surface area contributed by atoms with E-state index >= 15 is 0 Å². The van der Waals surface area contributed by atoms with Crippen molar-refractivity contribution < 1.29 is 0 Å². The molecule has 1 N–H and O–H groups in total. The number of rotatable bonds is 6. The Morgan fingerprint density at radius 3 is 2.91 bits per heavy atom. The Balaban J connectivity index is 1.68. The zero-order valence-corrected chi connectivity index (χ0v) is 13.5. The maximum Gasteiger partial charge on any atom is 0.117 e. The zero-order chi connectivity index (χ0) is 15.9. The van der Waals surface area contributed by atoms with E-state index in [-0.39, 0.29) is 0 Å². The van der Waals surface area contributed by atoms with Crippen molar-refractivity contribution in [1.82, 2.24) is 4.98 Å². The molecule has 0 aliphatic heterocycles. The number of benzene rings is 2. The van der Waals surface area contributed by atoms with Crippen molar-refractivity contribution >= 4 is 39.4 Å². The Morgan fingerprint density at radius 2 is 2.04 bits per heavy atom. The number of unbranched alkanes of at least 4 members (excludes halogenated alkanes) is 1. The third kappa shape index (κ3) is 4.18. The third-order valence-corrected chi connectivity index (χ3v) is 4.41. The van der Waals surface area contributed by atoms with Crippen LogP contribution in [0.4, 0.5) is 5.69 Å². The molecule has 0 atom stereocenters. The molecule has 0 saturated heterocycles. The number of aromatic nitrogens is 1. The van der Waals surface area contributed by atoms with Crippen molar-refractivity contribution in [3.05, 3.63) is 59.1 Å². The summed E-state index contributed by atoms with van der Waals surface area (Å²) in [4.78, 5) is 4.61. The maximum absolute atomic E-state index is 8.55. The fraction of sp³-hybridized carbons (Fsp3) is 0.158. The second-order valence-corrected chi connectivity index (χ2v) is 6.23. The second kappa shape index (κ2) is 7.57. The highest BCUT2D eigenvalue weighted by molar-refractivity contribution is 7.19. The van der Waals surface area contributed by atoms with Gasteiger partial charge in [-0.15, -0.1) is 11.3 Å². The summed E-state index contributed by atoms with van der Waals surface area (Å²) in [5.74, 6) is 0. The highest BCUT2D eigenvalue weighted by atomic mass is 32.1. The Bertz CT molecular complexity index is 825. The molecule has 23 heavy (non-hydrogen) atoms. The summed E-state index contributed by atoms with van der Waals surface area (Å²) in [5, 5.41) is 12.9. The molecule has 0 aliphatic rings. The molecule has 0 saturated carbocycles. The molecule has 1 aromatic heterocycles. The first-order valence-corrected chi connectivity index (χ1v) is 8.41. The molecule has 2 aromatic carbocycles. The number of nitriles is 1. The molecule has 0 unspecified atom stereocenters. The van der Waals surface area contributed by atoms with E-state index in [0.29, 0.717) is 6.42 Å². The number of fused-ring (bicyclic) bond motifs is 1. The average Bonchev–Trinajstić information content (AvgIpc) is 3.00. The van der Waals surface area contributed by atoms with Crippen LogP contribution in [-0.4, -0.2) is 11.5 Å². The van der Waals surface area contributed by atoms with Crippen LogP contribution in [0, 0.1) is 11.3 Å². The van der Waals surface area contributed by atoms with E-state index in [0.717, 1.165) is 34.7 Å². The van der Waals surface area contributed by atoms with E-state index in [2.05, 4.69) is 46.7 Å². The summed E-state index contributed by atoms with van der Waals surface area (Å²) in [6.45, 7) is 0.818. The van der Waals surface area contributed by atoms with E-state index in [1.165, 1.54) is 4.70 Å². The van der Waals surface area contributed by atoms with Crippen LogP contribution >= 0.6 is 11.3 Å². The van der Waals surface area contributed by atoms with Gasteiger partial charge in [0.05, 0.1) is 16.3 Å². The predicted octanol–water partition coefficient (Wildman–Crippen LogP) is 5.18. The SMILES string of the molecule is N#CCCCNc1cccc(C=Cc2nc3ccccc3s2)c1. The zero-order valence-electron chi connectivity index (χ0n) is 12.7. The van der Waals surface area contributed by atoms with Crippen LogP contribution in [-0.2, 0) is 0 Å². The summed E-state index contributed by atoms with van der Waals surface area (Å²) in [6, 6.07) is 18.6. The largest absolute Gasteiger partial charge is 0.385 e. The van der Waals surface area contributed by atoms with Crippen molar-refractivity contribution in [2.24, 2.45) is 0 Å². The Labute approximate surface area is 139 Å². The predicted molar refractivity (Wildman–Crippen MR) is 98.3 cm³/mol. The number of nitrogens with one attached hydrogen (secondary N) is 1. The third-order valence-electron chi connectivity index (χ3n) is 3.41. The highest BCUT2D eigenvalue weighted by Crippen LogP contribution is 2.23. The van der Waals surface area contributed by atoms with Crippen molar-refractivity contribution in [1.29, 1.82) is 5.26 Å². The van der Waals surface area contributed by atoms with Gasteiger partial charge in [-0.2, -0.15) is 5.26 Å². The van der Waals surface area contributed by atoms with Gasteiger partial charge in [0.1, 0.15) is 5.01 Å². The molecular formula is C19H17N3S. The first-order chi connectivity index (χ1) is 11.3.